The van der Waals surface area contributed by atoms with Gasteiger partial charge in [-0.1, -0.05) is 49.7 Å². The highest BCUT2D eigenvalue weighted by atomic mass is 35.5. The van der Waals surface area contributed by atoms with E-state index in [1.165, 1.54) is 5.56 Å². The van der Waals surface area contributed by atoms with E-state index in [-0.39, 0.29) is 12.5 Å². The molecule has 5 nitrogen and oxygen atoms in total. The number of nitrogens with one attached hydrogen (secondary N) is 1. The summed E-state index contributed by atoms with van der Waals surface area (Å²) in [5.41, 5.74) is 3.97. The van der Waals surface area contributed by atoms with Crippen LogP contribution in [0.3, 0.4) is 0 Å². The molecule has 0 saturated carbocycles. The van der Waals surface area contributed by atoms with E-state index in [2.05, 4.69) is 36.3 Å². The molecule has 1 unspecified atom stereocenters. The number of nitrogens with zero attached hydrogens (tertiary/aromatic N) is 1. The Morgan fingerprint density at radius 1 is 1.13 bits per heavy atom. The van der Waals surface area contributed by atoms with Crippen LogP contribution in [0.1, 0.15) is 31.7 Å². The van der Waals surface area contributed by atoms with Crippen molar-refractivity contribution in [3.05, 3.63) is 77.3 Å². The van der Waals surface area contributed by atoms with Crippen LogP contribution in [0.25, 0.3) is 22.6 Å². The molecule has 1 aromatic heterocycles. The molecule has 0 fully saturated rings. The van der Waals surface area contributed by atoms with Crippen molar-refractivity contribution in [2.45, 2.75) is 26.2 Å². The van der Waals surface area contributed by atoms with E-state index in [0.717, 1.165) is 23.1 Å². The van der Waals surface area contributed by atoms with Gasteiger partial charge in [0.15, 0.2) is 12.2 Å². The predicted octanol–water partition coefficient (Wildman–Crippen LogP) is 6.68. The predicted molar refractivity (Wildman–Crippen MR) is 124 cm³/mol. The lowest BCUT2D eigenvalue weighted by atomic mass is 9.98. The van der Waals surface area contributed by atoms with E-state index in [1.807, 2.05) is 30.3 Å². The van der Waals surface area contributed by atoms with Gasteiger partial charge in [0.25, 0.3) is 5.91 Å². The Kier molecular flexibility index (Phi) is 6.23. The van der Waals surface area contributed by atoms with Gasteiger partial charge in [0, 0.05) is 5.56 Å². The van der Waals surface area contributed by atoms with Crippen LogP contribution < -0.4 is 10.1 Å². The topological polar surface area (TPSA) is 64.4 Å². The molecule has 0 aliphatic heterocycles. The van der Waals surface area contributed by atoms with Crippen LogP contribution in [0.2, 0.25) is 5.02 Å². The summed E-state index contributed by atoms with van der Waals surface area (Å²) in [6.45, 7) is 4.24. The van der Waals surface area contributed by atoms with Crippen molar-refractivity contribution in [1.82, 2.24) is 4.98 Å². The van der Waals surface area contributed by atoms with Crippen molar-refractivity contribution >= 4 is 34.3 Å². The highest BCUT2D eigenvalue weighted by molar-refractivity contribution is 6.33. The number of rotatable bonds is 7. The molecule has 6 heteroatoms. The van der Waals surface area contributed by atoms with Gasteiger partial charge in [-0.05, 0) is 60.4 Å². The van der Waals surface area contributed by atoms with Gasteiger partial charge in [-0.25, -0.2) is 4.98 Å². The summed E-state index contributed by atoms with van der Waals surface area (Å²) < 4.78 is 11.4. The Hall–Kier alpha value is -3.31. The van der Waals surface area contributed by atoms with Crippen LogP contribution in [0, 0.1) is 0 Å². The van der Waals surface area contributed by atoms with Gasteiger partial charge >= 0.3 is 0 Å². The summed E-state index contributed by atoms with van der Waals surface area (Å²) in [5, 5.41) is 3.21. The third-order valence-corrected chi connectivity index (χ3v) is 5.52. The van der Waals surface area contributed by atoms with Crippen molar-refractivity contribution < 1.29 is 13.9 Å². The number of ether oxygens (including phenoxy) is 1. The molecule has 4 rings (SSSR count). The van der Waals surface area contributed by atoms with Crippen LogP contribution >= 0.6 is 11.6 Å². The van der Waals surface area contributed by atoms with E-state index < -0.39 is 0 Å². The van der Waals surface area contributed by atoms with Gasteiger partial charge in [0.05, 0.1) is 10.7 Å². The monoisotopic (exact) mass is 434 g/mol. The lowest BCUT2D eigenvalue weighted by Crippen LogP contribution is -2.20. The first-order chi connectivity index (χ1) is 15.0. The number of carbonyl (C=O) groups excluding carboxylic acids is 1. The molecule has 1 heterocycles. The molecule has 1 N–H and O–H groups in total. The fourth-order valence-electron chi connectivity index (χ4n) is 3.22. The van der Waals surface area contributed by atoms with Crippen LogP contribution in [0.15, 0.2) is 71.1 Å². The minimum atomic E-state index is -0.307. The molecular weight excluding hydrogens is 412 g/mol. The molecule has 1 amide bonds. The van der Waals surface area contributed by atoms with Crippen LogP contribution in [-0.2, 0) is 4.79 Å². The summed E-state index contributed by atoms with van der Waals surface area (Å²) in [7, 11) is 0. The van der Waals surface area contributed by atoms with Gasteiger partial charge in [0.2, 0.25) is 5.89 Å². The van der Waals surface area contributed by atoms with Crippen LogP contribution in [0.4, 0.5) is 5.69 Å². The average Bonchev–Trinajstić information content (AvgIpc) is 3.22. The third-order valence-electron chi connectivity index (χ3n) is 5.19. The highest BCUT2D eigenvalue weighted by Crippen LogP contribution is 2.31. The van der Waals surface area contributed by atoms with Gasteiger partial charge in [-0.3, -0.25) is 4.79 Å². The van der Waals surface area contributed by atoms with Crippen LogP contribution in [0.5, 0.6) is 5.75 Å². The Bertz CT molecular complexity index is 1200. The quantitative estimate of drug-likeness (QED) is 0.352. The Labute approximate surface area is 186 Å². The lowest BCUT2D eigenvalue weighted by Gasteiger charge is -2.09. The number of fused-ring (bicyclic) bond motifs is 1. The molecule has 0 spiro atoms. The molecule has 0 aliphatic rings. The zero-order valence-corrected chi connectivity index (χ0v) is 18.1. The standard InChI is InChI=1S/C25H23ClN2O3/c1-3-16(2)17-10-12-23-22(13-17)28-25(31-23)18-9-11-20(26)21(14-18)27-24(29)15-30-19-7-5-4-6-8-19/h4-14,16H,3,15H2,1-2H3,(H,27,29). The fourth-order valence-corrected chi connectivity index (χ4v) is 3.38. The Morgan fingerprint density at radius 2 is 1.94 bits per heavy atom. The first-order valence-corrected chi connectivity index (χ1v) is 10.6. The number of benzene rings is 3. The first kappa shape index (κ1) is 20.9. The molecule has 4 aromatic rings. The minimum Gasteiger partial charge on any atom is -0.484 e. The maximum atomic E-state index is 12.3. The van der Waals surface area contributed by atoms with Crippen molar-refractivity contribution in [3.63, 3.8) is 0 Å². The van der Waals surface area contributed by atoms with E-state index in [9.17, 15) is 4.79 Å². The number of para-hydroxylation sites is 1. The SMILES string of the molecule is CCC(C)c1ccc2oc(-c3ccc(Cl)c(NC(=O)COc4ccccc4)c3)nc2c1. The van der Waals surface area contributed by atoms with E-state index in [4.69, 9.17) is 20.8 Å². The molecule has 1 atom stereocenters. The summed E-state index contributed by atoms with van der Waals surface area (Å²) in [6.07, 6.45) is 1.06. The second-order valence-electron chi connectivity index (χ2n) is 7.40. The van der Waals surface area contributed by atoms with Gasteiger partial charge in [0.1, 0.15) is 11.3 Å². The molecule has 31 heavy (non-hydrogen) atoms. The molecule has 0 saturated heterocycles. The number of hydrogen-bond donors (Lipinski definition) is 1. The second-order valence-corrected chi connectivity index (χ2v) is 7.81. The minimum absolute atomic E-state index is 0.119. The van der Waals surface area contributed by atoms with Crippen molar-refractivity contribution in [2.24, 2.45) is 0 Å². The van der Waals surface area contributed by atoms with Crippen LogP contribution in [-0.4, -0.2) is 17.5 Å². The summed E-state index contributed by atoms with van der Waals surface area (Å²) >= 11 is 6.29. The van der Waals surface area contributed by atoms with Gasteiger partial charge in [-0.15, -0.1) is 0 Å². The summed E-state index contributed by atoms with van der Waals surface area (Å²) in [4.78, 5) is 17.0. The summed E-state index contributed by atoms with van der Waals surface area (Å²) in [6, 6.07) is 20.5. The molecular formula is C25H23ClN2O3. The third kappa shape index (κ3) is 4.89. The number of hydrogen-bond acceptors (Lipinski definition) is 4. The fraction of sp³-hybridized carbons (Fsp3) is 0.200. The second kappa shape index (κ2) is 9.23. The first-order valence-electron chi connectivity index (χ1n) is 10.2. The highest BCUT2D eigenvalue weighted by Gasteiger charge is 2.14. The number of anilines is 1. The number of halogens is 1. The summed E-state index contributed by atoms with van der Waals surface area (Å²) in [5.74, 6) is 1.25. The molecule has 158 valence electrons. The van der Waals surface area contributed by atoms with Crippen molar-refractivity contribution in [3.8, 4) is 17.2 Å². The van der Waals surface area contributed by atoms with E-state index >= 15 is 0 Å². The lowest BCUT2D eigenvalue weighted by molar-refractivity contribution is -0.118. The Morgan fingerprint density at radius 3 is 2.71 bits per heavy atom. The number of amides is 1. The largest absolute Gasteiger partial charge is 0.484 e. The number of oxazole rings is 1. The smallest absolute Gasteiger partial charge is 0.262 e. The maximum Gasteiger partial charge on any atom is 0.262 e. The number of aromatic nitrogens is 1. The van der Waals surface area contributed by atoms with E-state index in [0.29, 0.717) is 28.3 Å². The average molecular weight is 435 g/mol. The van der Waals surface area contributed by atoms with Crippen molar-refractivity contribution in [2.75, 3.05) is 11.9 Å². The Balaban J connectivity index is 1.52. The van der Waals surface area contributed by atoms with Crippen molar-refractivity contribution in [1.29, 1.82) is 0 Å². The molecule has 0 aliphatic carbocycles. The van der Waals surface area contributed by atoms with Gasteiger partial charge < -0.3 is 14.5 Å². The molecule has 3 aromatic carbocycles. The zero-order valence-electron chi connectivity index (χ0n) is 17.4. The zero-order chi connectivity index (χ0) is 21.8. The number of carbonyl (C=O) groups is 1. The maximum absolute atomic E-state index is 12.3. The normalized spacial score (nSPS) is 12.0. The van der Waals surface area contributed by atoms with E-state index in [1.54, 1.807) is 24.3 Å². The van der Waals surface area contributed by atoms with Gasteiger partial charge in [-0.2, -0.15) is 0 Å². The molecule has 0 radical (unpaired) electrons. The molecule has 0 bridgehead atoms.